The van der Waals surface area contributed by atoms with E-state index in [4.69, 9.17) is 23.2 Å². The fourth-order valence-corrected chi connectivity index (χ4v) is 6.81. The normalized spacial score (nSPS) is 25.4. The first-order valence-corrected chi connectivity index (χ1v) is 12.5. The SMILES string of the molecule is CC(=O)[C@@H]1[C@H](C(=O)c2ccc(Cl)cc2Cl)[C@]2(C(=O)Nc3ccccc32)[C@@H]2C=Cc3cc(C)ccc3N12. The van der Waals surface area contributed by atoms with Crippen LogP contribution in [0.5, 0.6) is 0 Å². The van der Waals surface area contributed by atoms with Crippen molar-refractivity contribution in [2.24, 2.45) is 5.92 Å². The molecule has 3 aromatic carbocycles. The molecule has 1 N–H and O–H groups in total. The zero-order valence-corrected chi connectivity index (χ0v) is 21.1. The van der Waals surface area contributed by atoms with E-state index in [0.717, 1.165) is 16.8 Å². The predicted molar refractivity (Wildman–Crippen MR) is 142 cm³/mol. The van der Waals surface area contributed by atoms with Gasteiger partial charge in [-0.15, -0.1) is 0 Å². The number of para-hydroxylation sites is 1. The lowest BCUT2D eigenvalue weighted by Gasteiger charge is -2.37. The number of hydrogen-bond acceptors (Lipinski definition) is 4. The lowest BCUT2D eigenvalue weighted by molar-refractivity contribution is -0.122. The number of benzene rings is 3. The van der Waals surface area contributed by atoms with Gasteiger partial charge in [-0.25, -0.2) is 0 Å². The first-order valence-electron chi connectivity index (χ1n) is 11.7. The Hall–Kier alpha value is -3.41. The maximum absolute atomic E-state index is 14.4. The molecule has 0 unspecified atom stereocenters. The molecule has 3 aliphatic heterocycles. The molecule has 4 atom stereocenters. The van der Waals surface area contributed by atoms with Gasteiger partial charge in [0.2, 0.25) is 5.91 Å². The number of amides is 1. The largest absolute Gasteiger partial charge is 0.352 e. The monoisotopic (exact) mass is 516 g/mol. The fourth-order valence-electron chi connectivity index (χ4n) is 6.31. The lowest BCUT2D eigenvalue weighted by atomic mass is 9.64. The van der Waals surface area contributed by atoms with Gasteiger partial charge < -0.3 is 10.2 Å². The van der Waals surface area contributed by atoms with E-state index in [1.807, 2.05) is 66.4 Å². The molecule has 0 radical (unpaired) electrons. The number of Topliss-reactive ketones (excluding diaryl/α,β-unsaturated/α-hetero) is 2. The summed E-state index contributed by atoms with van der Waals surface area (Å²) >= 11 is 12.6. The molecule has 180 valence electrons. The number of aryl methyl sites for hydroxylation is 1. The Kier molecular flexibility index (Phi) is 5.15. The summed E-state index contributed by atoms with van der Waals surface area (Å²) in [6.07, 6.45) is 3.94. The molecule has 0 aliphatic carbocycles. The number of carbonyl (C=O) groups excluding carboxylic acids is 3. The van der Waals surface area contributed by atoms with Gasteiger partial charge in [0.05, 0.1) is 23.0 Å². The van der Waals surface area contributed by atoms with Gasteiger partial charge in [0.1, 0.15) is 5.41 Å². The van der Waals surface area contributed by atoms with Gasteiger partial charge in [0, 0.05) is 22.0 Å². The van der Waals surface area contributed by atoms with Crippen LogP contribution in [0.25, 0.3) is 6.08 Å². The molecular weight excluding hydrogens is 495 g/mol. The van der Waals surface area contributed by atoms with Crippen molar-refractivity contribution in [3.05, 3.63) is 99.0 Å². The van der Waals surface area contributed by atoms with Crippen molar-refractivity contribution in [3.8, 4) is 0 Å². The first-order chi connectivity index (χ1) is 17.2. The van der Waals surface area contributed by atoms with Gasteiger partial charge in [0.25, 0.3) is 0 Å². The molecule has 5 nitrogen and oxygen atoms in total. The standard InChI is InChI=1S/C29H22Cl2N2O3/c1-15-7-11-23-17(13-15)8-12-24-29(20-5-3-4-6-22(20)32-28(29)36)25(26(16(2)34)33(23)24)27(35)19-10-9-18(30)14-21(19)31/h3-14,24-26H,1-2H3,(H,32,36)/t24-,25+,26+,29+/m0/s1. The van der Waals surface area contributed by atoms with E-state index in [9.17, 15) is 14.4 Å². The summed E-state index contributed by atoms with van der Waals surface area (Å²) in [5.74, 6) is -1.87. The summed E-state index contributed by atoms with van der Waals surface area (Å²) in [6, 6.07) is 16.6. The van der Waals surface area contributed by atoms with Crippen molar-refractivity contribution in [3.63, 3.8) is 0 Å². The van der Waals surface area contributed by atoms with E-state index in [1.54, 1.807) is 12.1 Å². The minimum absolute atomic E-state index is 0.188. The van der Waals surface area contributed by atoms with Gasteiger partial charge in [-0.2, -0.15) is 0 Å². The number of nitrogens with one attached hydrogen (secondary N) is 1. The molecule has 1 amide bonds. The number of hydrogen-bond donors (Lipinski definition) is 1. The van der Waals surface area contributed by atoms with E-state index in [0.29, 0.717) is 16.3 Å². The highest BCUT2D eigenvalue weighted by Gasteiger charge is 2.69. The molecule has 1 fully saturated rings. The number of halogens is 2. The number of fused-ring (bicyclic) bond motifs is 6. The molecule has 0 saturated carbocycles. The van der Waals surface area contributed by atoms with Crippen LogP contribution < -0.4 is 10.2 Å². The van der Waals surface area contributed by atoms with Gasteiger partial charge >= 0.3 is 0 Å². The van der Waals surface area contributed by atoms with Crippen molar-refractivity contribution in [1.82, 2.24) is 0 Å². The van der Waals surface area contributed by atoms with Crippen LogP contribution in [0, 0.1) is 12.8 Å². The van der Waals surface area contributed by atoms with Crippen molar-refractivity contribution in [2.75, 3.05) is 10.2 Å². The first kappa shape index (κ1) is 23.0. The van der Waals surface area contributed by atoms with Crippen molar-refractivity contribution >= 4 is 58.1 Å². The van der Waals surface area contributed by atoms with Crippen LogP contribution >= 0.6 is 23.2 Å². The summed E-state index contributed by atoms with van der Waals surface area (Å²) in [7, 11) is 0. The lowest BCUT2D eigenvalue weighted by Crippen LogP contribution is -2.51. The van der Waals surface area contributed by atoms with Crippen LogP contribution in [0.3, 0.4) is 0 Å². The molecule has 1 spiro atoms. The minimum Gasteiger partial charge on any atom is -0.352 e. The number of ketones is 2. The zero-order valence-electron chi connectivity index (χ0n) is 19.6. The Labute approximate surface area is 218 Å². The Morgan fingerprint density at radius 3 is 2.56 bits per heavy atom. The van der Waals surface area contributed by atoms with Gasteiger partial charge in [-0.05, 0) is 61.4 Å². The van der Waals surface area contributed by atoms with E-state index >= 15 is 0 Å². The van der Waals surface area contributed by atoms with Crippen molar-refractivity contribution < 1.29 is 14.4 Å². The highest BCUT2D eigenvalue weighted by atomic mass is 35.5. The summed E-state index contributed by atoms with van der Waals surface area (Å²) in [6.45, 7) is 3.49. The molecule has 3 aromatic rings. The highest BCUT2D eigenvalue weighted by Crippen LogP contribution is 2.58. The van der Waals surface area contributed by atoms with E-state index in [2.05, 4.69) is 5.32 Å². The minimum atomic E-state index is -1.33. The van der Waals surface area contributed by atoms with Gasteiger partial charge in [-0.1, -0.05) is 65.2 Å². The second kappa shape index (κ2) is 8.05. The molecule has 3 heterocycles. The Balaban J connectivity index is 1.66. The summed E-state index contributed by atoms with van der Waals surface area (Å²) in [5, 5.41) is 3.58. The Morgan fingerprint density at radius 2 is 1.81 bits per heavy atom. The maximum atomic E-state index is 14.4. The number of rotatable bonds is 3. The van der Waals surface area contributed by atoms with Crippen LogP contribution in [-0.4, -0.2) is 29.6 Å². The molecule has 6 rings (SSSR count). The summed E-state index contributed by atoms with van der Waals surface area (Å²) in [4.78, 5) is 43.8. The molecule has 7 heteroatoms. The smallest absolute Gasteiger partial charge is 0.238 e. The molecule has 1 saturated heterocycles. The molecule has 36 heavy (non-hydrogen) atoms. The number of carbonyl (C=O) groups is 3. The molecule has 0 aromatic heterocycles. The van der Waals surface area contributed by atoms with E-state index in [1.165, 1.54) is 13.0 Å². The highest BCUT2D eigenvalue weighted by molar-refractivity contribution is 6.37. The maximum Gasteiger partial charge on any atom is 0.238 e. The van der Waals surface area contributed by atoms with Crippen LogP contribution in [0.15, 0.2) is 66.7 Å². The predicted octanol–water partition coefficient (Wildman–Crippen LogP) is 5.86. The van der Waals surface area contributed by atoms with Gasteiger partial charge in [-0.3, -0.25) is 14.4 Å². The quantitative estimate of drug-likeness (QED) is 0.442. The van der Waals surface area contributed by atoms with Crippen LogP contribution in [0.2, 0.25) is 10.0 Å². The van der Waals surface area contributed by atoms with Gasteiger partial charge in [0.15, 0.2) is 11.6 Å². The average molecular weight is 517 g/mol. The summed E-state index contributed by atoms with van der Waals surface area (Å²) in [5.41, 5.74) is 3.11. The molecular formula is C29H22Cl2N2O3. The van der Waals surface area contributed by atoms with E-state index < -0.39 is 23.4 Å². The topological polar surface area (TPSA) is 66.5 Å². The third-order valence-corrected chi connectivity index (χ3v) is 8.23. The van der Waals surface area contributed by atoms with Crippen LogP contribution in [-0.2, 0) is 15.0 Å². The van der Waals surface area contributed by atoms with Crippen LogP contribution in [0.4, 0.5) is 11.4 Å². The van der Waals surface area contributed by atoms with Crippen LogP contribution in [0.1, 0.15) is 34.0 Å². The average Bonchev–Trinajstić information content (AvgIpc) is 3.31. The Morgan fingerprint density at radius 1 is 1.03 bits per heavy atom. The third kappa shape index (κ3) is 2.99. The van der Waals surface area contributed by atoms with Crippen molar-refractivity contribution in [2.45, 2.75) is 31.3 Å². The summed E-state index contributed by atoms with van der Waals surface area (Å²) < 4.78 is 0. The molecule has 3 aliphatic rings. The molecule has 0 bridgehead atoms. The number of nitrogens with zero attached hydrogens (tertiary/aromatic N) is 1. The second-order valence-corrected chi connectivity index (χ2v) is 10.5. The van der Waals surface area contributed by atoms with E-state index in [-0.39, 0.29) is 28.1 Å². The number of anilines is 2. The zero-order chi connectivity index (χ0) is 25.4. The second-order valence-electron chi connectivity index (χ2n) is 9.66. The fraction of sp³-hybridized carbons (Fsp3) is 0.207. The Bertz CT molecular complexity index is 1510. The third-order valence-electron chi connectivity index (χ3n) is 7.68. The van der Waals surface area contributed by atoms with Crippen molar-refractivity contribution in [1.29, 1.82) is 0 Å².